The second kappa shape index (κ2) is 4.62. The molecule has 0 amide bonds. The molecule has 0 saturated heterocycles. The van der Waals surface area contributed by atoms with Crippen molar-refractivity contribution in [1.29, 1.82) is 0 Å². The van der Waals surface area contributed by atoms with E-state index in [-0.39, 0.29) is 22.0 Å². The average molecular weight is 260 g/mol. The Hall–Kier alpha value is -1.76. The summed E-state index contributed by atoms with van der Waals surface area (Å²) in [5, 5.41) is 8.93. The molecule has 0 aliphatic rings. The third-order valence-corrected chi connectivity index (χ3v) is 3.23. The molecule has 0 aromatic heterocycles. The van der Waals surface area contributed by atoms with Gasteiger partial charge in [-0.1, -0.05) is 0 Å². The van der Waals surface area contributed by atoms with Crippen LogP contribution in [0, 0.1) is 0 Å². The molecule has 17 heavy (non-hydrogen) atoms. The van der Waals surface area contributed by atoms with Crippen LogP contribution in [0.2, 0.25) is 0 Å². The molecule has 6 nitrogen and oxygen atoms in total. The van der Waals surface area contributed by atoms with Gasteiger partial charge in [-0.05, 0) is 12.1 Å². The van der Waals surface area contributed by atoms with Crippen molar-refractivity contribution in [3.63, 3.8) is 0 Å². The summed E-state index contributed by atoms with van der Waals surface area (Å²) in [4.78, 5) is 10.8. The molecule has 0 radical (unpaired) electrons. The lowest BCUT2D eigenvalue weighted by atomic mass is 10.2. The van der Waals surface area contributed by atoms with E-state index in [0.717, 1.165) is 6.26 Å². The van der Waals surface area contributed by atoms with Gasteiger partial charge in [-0.2, -0.15) is 0 Å². The second-order valence-electron chi connectivity index (χ2n) is 3.26. The minimum Gasteiger partial charge on any atom is -0.492 e. The Morgan fingerprint density at radius 2 is 1.71 bits per heavy atom. The van der Waals surface area contributed by atoms with Crippen LogP contribution in [0.5, 0.6) is 11.5 Å². The largest absolute Gasteiger partial charge is 0.492 e. The SMILES string of the molecule is COc1c(C(=O)O)ccc(S(C)(=O)=O)c1OC. The van der Waals surface area contributed by atoms with Gasteiger partial charge in [0.05, 0.1) is 14.2 Å². The summed E-state index contributed by atoms with van der Waals surface area (Å²) in [5.74, 6) is -1.43. The number of methoxy groups -OCH3 is 2. The van der Waals surface area contributed by atoms with E-state index >= 15 is 0 Å². The van der Waals surface area contributed by atoms with Gasteiger partial charge in [-0.25, -0.2) is 13.2 Å². The van der Waals surface area contributed by atoms with Gasteiger partial charge in [0, 0.05) is 6.26 Å². The maximum absolute atomic E-state index is 11.5. The molecule has 1 N–H and O–H groups in total. The molecule has 0 heterocycles. The first-order chi connectivity index (χ1) is 7.82. The zero-order valence-corrected chi connectivity index (χ0v) is 10.4. The number of benzene rings is 1. The number of rotatable bonds is 4. The van der Waals surface area contributed by atoms with E-state index in [4.69, 9.17) is 14.6 Å². The Labute approximate surface area is 98.7 Å². The Morgan fingerprint density at radius 1 is 1.18 bits per heavy atom. The number of ether oxygens (including phenoxy) is 2. The van der Waals surface area contributed by atoms with Crippen molar-refractivity contribution in [2.75, 3.05) is 20.5 Å². The van der Waals surface area contributed by atoms with Crippen LogP contribution in [0.15, 0.2) is 17.0 Å². The molecule has 0 spiro atoms. The molecule has 0 atom stereocenters. The quantitative estimate of drug-likeness (QED) is 0.861. The summed E-state index contributed by atoms with van der Waals surface area (Å²) in [6.45, 7) is 0. The summed E-state index contributed by atoms with van der Waals surface area (Å²) < 4.78 is 32.8. The number of hydrogen-bond acceptors (Lipinski definition) is 5. The fourth-order valence-electron chi connectivity index (χ4n) is 1.40. The summed E-state index contributed by atoms with van der Waals surface area (Å²) in [7, 11) is -1.02. The van der Waals surface area contributed by atoms with Crippen LogP contribution in [0.4, 0.5) is 0 Å². The summed E-state index contributed by atoms with van der Waals surface area (Å²) in [5.41, 5.74) is -0.156. The van der Waals surface area contributed by atoms with E-state index in [9.17, 15) is 13.2 Å². The Kier molecular flexibility index (Phi) is 3.62. The van der Waals surface area contributed by atoms with Crippen LogP contribution in [0.25, 0.3) is 0 Å². The van der Waals surface area contributed by atoms with Crippen molar-refractivity contribution < 1.29 is 27.8 Å². The summed E-state index contributed by atoms with van der Waals surface area (Å²) in [6.07, 6.45) is 1.00. The topological polar surface area (TPSA) is 89.9 Å². The van der Waals surface area contributed by atoms with Gasteiger partial charge in [-0.3, -0.25) is 0 Å². The number of aromatic carboxylic acids is 1. The molecule has 0 aliphatic heterocycles. The predicted octanol–water partition coefficient (Wildman–Crippen LogP) is 0.805. The third-order valence-electron chi connectivity index (χ3n) is 2.11. The van der Waals surface area contributed by atoms with Crippen LogP contribution in [-0.2, 0) is 9.84 Å². The van der Waals surface area contributed by atoms with Gasteiger partial charge in [0.15, 0.2) is 21.3 Å². The number of carbonyl (C=O) groups is 1. The summed E-state index contributed by atoms with van der Waals surface area (Å²) in [6, 6.07) is 2.35. The van der Waals surface area contributed by atoms with Crippen molar-refractivity contribution in [2.45, 2.75) is 4.90 Å². The minimum absolute atomic E-state index is 0.102. The zero-order valence-electron chi connectivity index (χ0n) is 9.55. The maximum atomic E-state index is 11.5. The minimum atomic E-state index is -3.52. The fourth-order valence-corrected chi connectivity index (χ4v) is 2.23. The molecule has 0 unspecified atom stereocenters. The van der Waals surface area contributed by atoms with Gasteiger partial charge in [-0.15, -0.1) is 0 Å². The summed E-state index contributed by atoms with van der Waals surface area (Å²) >= 11 is 0. The third kappa shape index (κ3) is 2.50. The highest BCUT2D eigenvalue weighted by Crippen LogP contribution is 2.37. The van der Waals surface area contributed by atoms with Gasteiger partial charge < -0.3 is 14.6 Å². The van der Waals surface area contributed by atoms with Crippen LogP contribution in [-0.4, -0.2) is 40.0 Å². The lowest BCUT2D eigenvalue weighted by Gasteiger charge is -2.13. The van der Waals surface area contributed by atoms with E-state index in [1.54, 1.807) is 0 Å². The maximum Gasteiger partial charge on any atom is 0.339 e. The van der Waals surface area contributed by atoms with Gasteiger partial charge in [0.2, 0.25) is 0 Å². The van der Waals surface area contributed by atoms with Crippen LogP contribution in [0.3, 0.4) is 0 Å². The van der Waals surface area contributed by atoms with Gasteiger partial charge in [0.25, 0.3) is 0 Å². The van der Waals surface area contributed by atoms with Crippen molar-refractivity contribution in [2.24, 2.45) is 0 Å². The molecule has 94 valence electrons. The van der Waals surface area contributed by atoms with Crippen LogP contribution in [0.1, 0.15) is 10.4 Å². The Morgan fingerprint density at radius 3 is 2.06 bits per heavy atom. The van der Waals surface area contributed by atoms with E-state index in [2.05, 4.69) is 0 Å². The van der Waals surface area contributed by atoms with Gasteiger partial charge in [0.1, 0.15) is 10.5 Å². The molecule has 1 rings (SSSR count). The predicted molar refractivity (Wildman–Crippen MR) is 59.6 cm³/mol. The number of carboxylic acids is 1. The first-order valence-corrected chi connectivity index (χ1v) is 6.40. The first kappa shape index (κ1) is 13.3. The molecule has 0 aliphatic carbocycles. The van der Waals surface area contributed by atoms with E-state index < -0.39 is 15.8 Å². The normalized spacial score (nSPS) is 11.0. The van der Waals surface area contributed by atoms with Crippen molar-refractivity contribution >= 4 is 15.8 Å². The molecule has 1 aromatic rings. The average Bonchev–Trinajstić information content (AvgIpc) is 2.25. The molecular weight excluding hydrogens is 248 g/mol. The highest BCUT2D eigenvalue weighted by molar-refractivity contribution is 7.90. The molecule has 1 aromatic carbocycles. The van der Waals surface area contributed by atoms with Crippen molar-refractivity contribution in [3.05, 3.63) is 17.7 Å². The monoisotopic (exact) mass is 260 g/mol. The van der Waals surface area contributed by atoms with Crippen molar-refractivity contribution in [1.82, 2.24) is 0 Å². The van der Waals surface area contributed by atoms with Crippen LogP contribution < -0.4 is 9.47 Å². The van der Waals surface area contributed by atoms with Crippen LogP contribution >= 0.6 is 0 Å². The molecule has 0 bridgehead atoms. The molecule has 0 saturated carbocycles. The zero-order chi connectivity index (χ0) is 13.2. The fraction of sp³-hybridized carbons (Fsp3) is 0.300. The lowest BCUT2D eigenvalue weighted by Crippen LogP contribution is -2.07. The standard InChI is InChI=1S/C10H12O6S/c1-15-8-6(10(11)12)4-5-7(9(8)16-2)17(3,13)14/h4-5H,1-3H3,(H,11,12). The number of carboxylic acid groups (broad SMARTS) is 1. The first-order valence-electron chi connectivity index (χ1n) is 4.51. The molecular formula is C10H12O6S. The lowest BCUT2D eigenvalue weighted by molar-refractivity contribution is 0.0692. The molecule has 7 heteroatoms. The molecule has 0 fully saturated rings. The second-order valence-corrected chi connectivity index (χ2v) is 5.24. The Bertz CT molecular complexity index is 546. The van der Waals surface area contributed by atoms with E-state index in [1.165, 1.54) is 26.4 Å². The van der Waals surface area contributed by atoms with Gasteiger partial charge >= 0.3 is 5.97 Å². The Balaban J connectivity index is 3.66. The van der Waals surface area contributed by atoms with E-state index in [1.807, 2.05) is 0 Å². The highest BCUT2D eigenvalue weighted by Gasteiger charge is 2.23. The van der Waals surface area contributed by atoms with Crippen molar-refractivity contribution in [3.8, 4) is 11.5 Å². The highest BCUT2D eigenvalue weighted by atomic mass is 32.2. The number of sulfone groups is 1. The number of hydrogen-bond donors (Lipinski definition) is 1. The smallest absolute Gasteiger partial charge is 0.339 e. The van der Waals surface area contributed by atoms with E-state index in [0.29, 0.717) is 0 Å².